The van der Waals surface area contributed by atoms with Crippen molar-refractivity contribution in [2.24, 2.45) is 5.92 Å². The van der Waals surface area contributed by atoms with Crippen LogP contribution >= 0.6 is 0 Å². The van der Waals surface area contributed by atoms with Crippen LogP contribution in [0.1, 0.15) is 91.0 Å². The fraction of sp³-hybridized carbons (Fsp3) is 0.688. The van der Waals surface area contributed by atoms with E-state index in [1.807, 2.05) is 7.05 Å². The number of hydrogen-bond donors (Lipinski definition) is 3. The molecule has 3 rings (SSSR count). The number of nitrogens with one attached hydrogen (secondary N) is 3. The molecule has 3 unspecified atom stereocenters. The molecule has 1 saturated carbocycles. The molecule has 1 aromatic carbocycles. The molecule has 1 aliphatic carbocycles. The van der Waals surface area contributed by atoms with Gasteiger partial charge < -0.3 is 30.5 Å². The van der Waals surface area contributed by atoms with Gasteiger partial charge in [0.1, 0.15) is 23.5 Å². The zero-order chi connectivity index (χ0) is 31.7. The highest BCUT2D eigenvalue weighted by atomic mass is 19.1. The minimum Gasteiger partial charge on any atom is -0.444 e. The third-order valence-corrected chi connectivity index (χ3v) is 8.32. The number of hydrogen-bond acceptors (Lipinski definition) is 6. The highest BCUT2D eigenvalue weighted by molar-refractivity contribution is 5.97. The van der Waals surface area contributed by atoms with E-state index >= 15 is 4.39 Å². The van der Waals surface area contributed by atoms with E-state index in [1.54, 1.807) is 45.6 Å². The Morgan fingerprint density at radius 3 is 2.19 bits per heavy atom. The van der Waals surface area contributed by atoms with Crippen molar-refractivity contribution in [1.29, 1.82) is 0 Å². The van der Waals surface area contributed by atoms with Crippen molar-refractivity contribution in [1.82, 2.24) is 20.4 Å². The number of benzene rings is 1. The van der Waals surface area contributed by atoms with Gasteiger partial charge in [-0.2, -0.15) is 0 Å². The fourth-order valence-corrected chi connectivity index (χ4v) is 5.69. The average Bonchev–Trinajstić information content (AvgIpc) is 3.23. The molecule has 1 saturated heterocycles. The normalized spacial score (nSPS) is 19.0. The number of piperazine rings is 1. The predicted molar refractivity (Wildman–Crippen MR) is 164 cm³/mol. The molecule has 1 aromatic rings. The Morgan fingerprint density at radius 2 is 1.63 bits per heavy atom. The minimum absolute atomic E-state index is 0.0231. The number of rotatable bonds is 9. The molecule has 10 nitrogen and oxygen atoms in total. The van der Waals surface area contributed by atoms with E-state index in [-0.39, 0.29) is 29.8 Å². The van der Waals surface area contributed by atoms with Crippen molar-refractivity contribution in [2.45, 2.75) is 103 Å². The first kappa shape index (κ1) is 34.3. The lowest BCUT2D eigenvalue weighted by Crippen LogP contribution is -2.55. The van der Waals surface area contributed by atoms with Gasteiger partial charge in [0.2, 0.25) is 17.7 Å². The number of ether oxygens (including phenoxy) is 1. The van der Waals surface area contributed by atoms with Crippen LogP contribution in [0.5, 0.6) is 0 Å². The first-order chi connectivity index (χ1) is 20.3. The molecule has 0 bridgehead atoms. The molecule has 240 valence electrons. The van der Waals surface area contributed by atoms with Crippen molar-refractivity contribution in [3.8, 4) is 0 Å². The molecular formula is C32H50FN5O5. The van der Waals surface area contributed by atoms with Crippen LogP contribution in [0.3, 0.4) is 0 Å². The SMILES string of the molecule is CCC(=O)NC(C(=O)N1CCN(C)CC1)C(C)c1ccc(NC(=O)C(NC(=O)OC(C)(C)C)C2CCCCCC2)c(F)c1. The van der Waals surface area contributed by atoms with Gasteiger partial charge in [-0.3, -0.25) is 14.4 Å². The predicted octanol–water partition coefficient (Wildman–Crippen LogP) is 4.40. The summed E-state index contributed by atoms with van der Waals surface area (Å²) in [6.07, 6.45) is 5.13. The average molecular weight is 604 g/mol. The van der Waals surface area contributed by atoms with Gasteiger partial charge in [-0.15, -0.1) is 0 Å². The van der Waals surface area contributed by atoms with E-state index < -0.39 is 41.4 Å². The number of amides is 4. The summed E-state index contributed by atoms with van der Waals surface area (Å²) in [5.41, 5.74) is -0.232. The van der Waals surface area contributed by atoms with E-state index in [9.17, 15) is 19.2 Å². The van der Waals surface area contributed by atoms with Crippen LogP contribution in [0.4, 0.5) is 14.9 Å². The summed E-state index contributed by atoms with van der Waals surface area (Å²) < 4.78 is 20.9. The summed E-state index contributed by atoms with van der Waals surface area (Å²) in [5.74, 6) is -2.24. The molecule has 11 heteroatoms. The van der Waals surface area contributed by atoms with Gasteiger partial charge >= 0.3 is 6.09 Å². The summed E-state index contributed by atoms with van der Waals surface area (Å²) in [7, 11) is 2.00. The summed E-state index contributed by atoms with van der Waals surface area (Å²) >= 11 is 0. The zero-order valence-corrected chi connectivity index (χ0v) is 26.6. The monoisotopic (exact) mass is 603 g/mol. The molecule has 0 aromatic heterocycles. The molecule has 3 atom stereocenters. The second-order valence-corrected chi connectivity index (χ2v) is 12.9. The second-order valence-electron chi connectivity index (χ2n) is 12.9. The Hall–Kier alpha value is -3.21. The lowest BCUT2D eigenvalue weighted by atomic mass is 9.90. The lowest BCUT2D eigenvalue weighted by molar-refractivity contribution is -0.138. The van der Waals surface area contributed by atoms with Gasteiger partial charge in [0, 0.05) is 38.5 Å². The molecule has 43 heavy (non-hydrogen) atoms. The van der Waals surface area contributed by atoms with Crippen molar-refractivity contribution in [2.75, 3.05) is 38.5 Å². The smallest absolute Gasteiger partial charge is 0.408 e. The molecule has 0 spiro atoms. The Balaban J connectivity index is 1.78. The molecule has 2 fully saturated rings. The van der Waals surface area contributed by atoms with Gasteiger partial charge in [0.15, 0.2) is 0 Å². The Morgan fingerprint density at radius 1 is 1.00 bits per heavy atom. The quantitative estimate of drug-likeness (QED) is 0.360. The number of anilines is 1. The molecule has 0 radical (unpaired) electrons. The Bertz CT molecular complexity index is 1120. The molecule has 3 N–H and O–H groups in total. The van der Waals surface area contributed by atoms with Crippen LogP contribution in [0, 0.1) is 11.7 Å². The van der Waals surface area contributed by atoms with Gasteiger partial charge in [-0.25, -0.2) is 9.18 Å². The van der Waals surface area contributed by atoms with Gasteiger partial charge in [-0.05, 0) is 64.3 Å². The van der Waals surface area contributed by atoms with Gasteiger partial charge in [0.05, 0.1) is 5.69 Å². The maximum absolute atomic E-state index is 15.5. The Kier molecular flexibility index (Phi) is 12.4. The van der Waals surface area contributed by atoms with Gasteiger partial charge in [0.25, 0.3) is 0 Å². The maximum atomic E-state index is 15.5. The van der Waals surface area contributed by atoms with Crippen LogP contribution in [0.25, 0.3) is 0 Å². The van der Waals surface area contributed by atoms with Crippen molar-refractivity contribution >= 4 is 29.5 Å². The largest absolute Gasteiger partial charge is 0.444 e. The van der Waals surface area contributed by atoms with Crippen LogP contribution in [-0.4, -0.2) is 84.5 Å². The van der Waals surface area contributed by atoms with E-state index in [0.717, 1.165) is 51.6 Å². The van der Waals surface area contributed by atoms with Crippen LogP contribution in [0.2, 0.25) is 0 Å². The highest BCUT2D eigenvalue weighted by Gasteiger charge is 2.34. The number of nitrogens with zero attached hydrogens (tertiary/aromatic N) is 2. The summed E-state index contributed by atoms with van der Waals surface area (Å²) in [6.45, 7) is 11.3. The molecule has 2 aliphatic rings. The zero-order valence-electron chi connectivity index (χ0n) is 26.6. The van der Waals surface area contributed by atoms with Crippen LogP contribution < -0.4 is 16.0 Å². The topological polar surface area (TPSA) is 120 Å². The molecule has 1 heterocycles. The third-order valence-electron chi connectivity index (χ3n) is 8.32. The summed E-state index contributed by atoms with van der Waals surface area (Å²) in [5, 5.41) is 8.26. The number of carbonyl (C=O) groups is 4. The fourth-order valence-electron chi connectivity index (χ4n) is 5.69. The van der Waals surface area contributed by atoms with Gasteiger partial charge in [-0.1, -0.05) is 45.6 Å². The minimum atomic E-state index is -0.874. The number of carbonyl (C=O) groups excluding carboxylic acids is 4. The first-order valence-corrected chi connectivity index (χ1v) is 15.7. The van der Waals surface area contributed by atoms with Crippen LogP contribution in [0.15, 0.2) is 18.2 Å². The van der Waals surface area contributed by atoms with Crippen molar-refractivity contribution in [3.05, 3.63) is 29.6 Å². The van der Waals surface area contributed by atoms with E-state index in [1.165, 1.54) is 12.1 Å². The highest BCUT2D eigenvalue weighted by Crippen LogP contribution is 2.29. The number of likely N-dealkylation sites (N-methyl/N-ethyl adjacent to an activating group) is 1. The standard InChI is InChI=1S/C32H50FN5O5/c1-7-26(39)35-27(30(41)38-18-16-37(6)17-19-38)21(2)23-14-15-25(24(33)20-23)34-29(40)28(22-12-10-8-9-11-13-22)36-31(42)43-32(3,4)5/h14-15,20-22,27-28H,7-13,16-19H2,1-6H3,(H,34,40)(H,35,39)(H,36,42). The summed E-state index contributed by atoms with van der Waals surface area (Å²) in [6, 6.07) is 2.70. The van der Waals surface area contributed by atoms with Crippen molar-refractivity contribution < 1.29 is 28.3 Å². The second kappa shape index (κ2) is 15.5. The maximum Gasteiger partial charge on any atom is 0.408 e. The third kappa shape index (κ3) is 10.2. The lowest BCUT2D eigenvalue weighted by Gasteiger charge is -2.36. The first-order valence-electron chi connectivity index (χ1n) is 15.7. The number of alkyl carbamates (subject to hydrolysis) is 1. The Labute approximate surface area is 255 Å². The summed E-state index contributed by atoms with van der Waals surface area (Å²) in [4.78, 5) is 55.9. The van der Waals surface area contributed by atoms with Crippen LogP contribution in [-0.2, 0) is 19.1 Å². The van der Waals surface area contributed by atoms with E-state index in [2.05, 4.69) is 20.9 Å². The molecule has 4 amide bonds. The van der Waals surface area contributed by atoms with E-state index in [4.69, 9.17) is 4.74 Å². The molecular weight excluding hydrogens is 553 g/mol. The number of halogens is 1. The van der Waals surface area contributed by atoms with Crippen molar-refractivity contribution in [3.63, 3.8) is 0 Å². The molecule has 1 aliphatic heterocycles. The van der Waals surface area contributed by atoms with E-state index in [0.29, 0.717) is 18.7 Å².